The highest BCUT2D eigenvalue weighted by atomic mass is 79.9. The van der Waals surface area contributed by atoms with Crippen LogP contribution in [0.5, 0.6) is 0 Å². The molecule has 0 aromatic heterocycles. The lowest BCUT2D eigenvalue weighted by Gasteiger charge is -1.81. The van der Waals surface area contributed by atoms with E-state index >= 15 is 0 Å². The molecular formula is C6H13Br. The van der Waals surface area contributed by atoms with E-state index < -0.39 is 0 Å². The van der Waals surface area contributed by atoms with E-state index in [1.807, 2.05) is 6.08 Å². The van der Waals surface area contributed by atoms with E-state index in [9.17, 15) is 0 Å². The van der Waals surface area contributed by atoms with Gasteiger partial charge in [-0.15, -0.1) is 23.6 Å². The fourth-order valence-corrected chi connectivity index (χ4v) is 0.348. The van der Waals surface area contributed by atoms with Gasteiger partial charge in [-0.3, -0.25) is 0 Å². The Morgan fingerprint density at radius 1 is 1.57 bits per heavy atom. The molecule has 7 heavy (non-hydrogen) atoms. The molecule has 0 saturated heterocycles. The van der Waals surface area contributed by atoms with E-state index in [0.717, 1.165) is 0 Å². The zero-order valence-corrected chi connectivity index (χ0v) is 6.53. The lowest BCUT2D eigenvalue weighted by atomic mass is 10.3. The first-order valence-corrected chi connectivity index (χ1v) is 2.52. The summed E-state index contributed by atoms with van der Waals surface area (Å²) in [6.07, 6.45) is 5.72. The molecule has 1 heteroatoms. The van der Waals surface area contributed by atoms with Crippen molar-refractivity contribution in [1.29, 1.82) is 0 Å². The summed E-state index contributed by atoms with van der Waals surface area (Å²) in [6.45, 7) is 5.78. The van der Waals surface area contributed by atoms with Gasteiger partial charge in [-0.05, 0) is 6.42 Å². The topological polar surface area (TPSA) is 0 Å². The average Bonchev–Trinajstić information content (AvgIpc) is 1.61. The van der Waals surface area contributed by atoms with Gasteiger partial charge in [0.25, 0.3) is 0 Å². The molecule has 44 valence electrons. The molecule has 0 aliphatic rings. The van der Waals surface area contributed by atoms with Crippen LogP contribution in [0.25, 0.3) is 0 Å². The third kappa shape index (κ3) is 10.7. The maximum Gasteiger partial charge on any atom is -0.0354 e. The van der Waals surface area contributed by atoms with Crippen LogP contribution < -0.4 is 0 Å². The van der Waals surface area contributed by atoms with Crippen molar-refractivity contribution in [3.8, 4) is 0 Å². The largest absolute Gasteiger partial charge is 0.114 e. The highest BCUT2D eigenvalue weighted by Crippen LogP contribution is 1.91. The first-order chi connectivity index (χ1) is 2.91. The van der Waals surface area contributed by atoms with Crippen molar-refractivity contribution in [1.82, 2.24) is 0 Å². The third-order valence-corrected chi connectivity index (χ3v) is 0.762. The quantitative estimate of drug-likeness (QED) is 0.445. The van der Waals surface area contributed by atoms with Crippen LogP contribution in [-0.4, -0.2) is 0 Å². The van der Waals surface area contributed by atoms with E-state index in [-0.39, 0.29) is 17.0 Å². The van der Waals surface area contributed by atoms with Crippen LogP contribution in [0.3, 0.4) is 0 Å². The molecule has 0 amide bonds. The first kappa shape index (κ1) is 10.3. The van der Waals surface area contributed by atoms with Crippen molar-refractivity contribution >= 4 is 17.0 Å². The minimum Gasteiger partial charge on any atom is -0.114 e. The Kier molecular flexibility index (Phi) is 13.9. The Morgan fingerprint density at radius 2 is 2.14 bits per heavy atom. The predicted molar refractivity (Wildman–Crippen MR) is 40.0 cm³/mol. The summed E-state index contributed by atoms with van der Waals surface area (Å²) in [4.78, 5) is 0. The maximum absolute atomic E-state index is 3.60. The Labute approximate surface area is 56.4 Å². The second kappa shape index (κ2) is 9.52. The molecule has 0 atom stereocenters. The van der Waals surface area contributed by atoms with Crippen LogP contribution in [0.4, 0.5) is 0 Å². The summed E-state index contributed by atoms with van der Waals surface area (Å²) in [5, 5.41) is 0. The van der Waals surface area contributed by atoms with Crippen molar-refractivity contribution in [3.05, 3.63) is 12.7 Å². The third-order valence-electron chi connectivity index (χ3n) is 0.762. The molecule has 0 radical (unpaired) electrons. The van der Waals surface area contributed by atoms with Gasteiger partial charge >= 0.3 is 0 Å². The second-order valence-electron chi connectivity index (χ2n) is 1.43. The fourth-order valence-electron chi connectivity index (χ4n) is 0.348. The molecule has 0 bridgehead atoms. The lowest BCUT2D eigenvalue weighted by Crippen LogP contribution is -1.61. The van der Waals surface area contributed by atoms with E-state index in [2.05, 4.69) is 13.5 Å². The van der Waals surface area contributed by atoms with Crippen molar-refractivity contribution < 1.29 is 0 Å². The standard InChI is InChI=1S/C6H12.BrH/c1-3-5-6-4-2;/h3H,1,4-6H2,2H3;1H. The molecule has 0 spiro atoms. The molecule has 0 nitrogen and oxygen atoms in total. The number of rotatable bonds is 3. The van der Waals surface area contributed by atoms with E-state index in [0.29, 0.717) is 0 Å². The van der Waals surface area contributed by atoms with Crippen molar-refractivity contribution in [2.75, 3.05) is 0 Å². The summed E-state index contributed by atoms with van der Waals surface area (Å²) < 4.78 is 0. The number of hydrogen-bond donors (Lipinski definition) is 0. The summed E-state index contributed by atoms with van der Waals surface area (Å²) in [7, 11) is 0. The smallest absolute Gasteiger partial charge is 0.0354 e. The highest BCUT2D eigenvalue weighted by molar-refractivity contribution is 8.93. The summed E-state index contributed by atoms with van der Waals surface area (Å²) in [5.41, 5.74) is 0. The van der Waals surface area contributed by atoms with Crippen LogP contribution in [0.1, 0.15) is 26.2 Å². The SMILES string of the molecule is Br.C=CCCCC. The summed E-state index contributed by atoms with van der Waals surface area (Å²) in [6, 6.07) is 0. The van der Waals surface area contributed by atoms with Gasteiger partial charge in [0.05, 0.1) is 0 Å². The first-order valence-electron chi connectivity index (χ1n) is 2.52. The number of allylic oxidation sites excluding steroid dienone is 1. The second-order valence-corrected chi connectivity index (χ2v) is 1.43. The van der Waals surface area contributed by atoms with Gasteiger partial charge in [0.1, 0.15) is 0 Å². The summed E-state index contributed by atoms with van der Waals surface area (Å²) >= 11 is 0. The lowest BCUT2D eigenvalue weighted by molar-refractivity contribution is 0.816. The Morgan fingerprint density at radius 3 is 2.29 bits per heavy atom. The maximum atomic E-state index is 3.60. The minimum atomic E-state index is 0. The molecule has 0 saturated carbocycles. The highest BCUT2D eigenvalue weighted by Gasteiger charge is 1.71. The van der Waals surface area contributed by atoms with Crippen LogP contribution in [-0.2, 0) is 0 Å². The number of unbranched alkanes of at least 4 members (excludes halogenated alkanes) is 2. The molecule has 0 rings (SSSR count). The minimum absolute atomic E-state index is 0. The number of hydrogen-bond acceptors (Lipinski definition) is 0. The van der Waals surface area contributed by atoms with Gasteiger partial charge in [0.2, 0.25) is 0 Å². The average molecular weight is 165 g/mol. The van der Waals surface area contributed by atoms with Gasteiger partial charge < -0.3 is 0 Å². The van der Waals surface area contributed by atoms with Crippen LogP contribution >= 0.6 is 17.0 Å². The normalized spacial score (nSPS) is 7.00. The van der Waals surface area contributed by atoms with Gasteiger partial charge in [0.15, 0.2) is 0 Å². The van der Waals surface area contributed by atoms with Crippen molar-refractivity contribution in [2.45, 2.75) is 26.2 Å². The molecule has 0 N–H and O–H groups in total. The molecule has 0 aliphatic heterocycles. The molecule has 0 aliphatic carbocycles. The zero-order chi connectivity index (χ0) is 4.83. The van der Waals surface area contributed by atoms with E-state index in [4.69, 9.17) is 0 Å². The van der Waals surface area contributed by atoms with Gasteiger partial charge in [-0.25, -0.2) is 0 Å². The Bertz CT molecular complexity index is 33.2. The predicted octanol–water partition coefficient (Wildman–Crippen LogP) is 2.94. The Balaban J connectivity index is 0. The fraction of sp³-hybridized carbons (Fsp3) is 0.667. The molecule has 0 aromatic carbocycles. The van der Waals surface area contributed by atoms with Gasteiger partial charge in [-0.1, -0.05) is 25.8 Å². The van der Waals surface area contributed by atoms with Crippen LogP contribution in [0.2, 0.25) is 0 Å². The molecular weight excluding hydrogens is 152 g/mol. The summed E-state index contributed by atoms with van der Waals surface area (Å²) in [5.74, 6) is 0. The van der Waals surface area contributed by atoms with E-state index in [1.54, 1.807) is 0 Å². The van der Waals surface area contributed by atoms with Gasteiger partial charge in [0, 0.05) is 0 Å². The van der Waals surface area contributed by atoms with Crippen molar-refractivity contribution in [3.63, 3.8) is 0 Å². The molecule has 0 unspecified atom stereocenters. The van der Waals surface area contributed by atoms with Crippen molar-refractivity contribution in [2.24, 2.45) is 0 Å². The Hall–Kier alpha value is 0.220. The van der Waals surface area contributed by atoms with Crippen LogP contribution in [0, 0.1) is 0 Å². The van der Waals surface area contributed by atoms with Crippen LogP contribution in [0.15, 0.2) is 12.7 Å². The molecule has 0 fully saturated rings. The monoisotopic (exact) mass is 164 g/mol. The zero-order valence-electron chi connectivity index (χ0n) is 4.81. The van der Waals surface area contributed by atoms with E-state index in [1.165, 1.54) is 19.3 Å². The molecule has 0 aromatic rings. The van der Waals surface area contributed by atoms with Gasteiger partial charge in [-0.2, -0.15) is 0 Å². The number of halogens is 1. The molecule has 0 heterocycles.